The largest absolute Gasteiger partial charge is 0.494 e. The Balaban J connectivity index is 1.99. The number of esters is 2. The quantitative estimate of drug-likeness (QED) is 0.793. The van der Waals surface area contributed by atoms with Crippen molar-refractivity contribution in [1.82, 2.24) is 0 Å². The zero-order valence-electron chi connectivity index (χ0n) is 12.7. The van der Waals surface area contributed by atoms with Gasteiger partial charge in [0, 0.05) is 0 Å². The molecule has 0 N–H and O–H groups in total. The number of hydrogen-bond donors (Lipinski definition) is 0. The molecular weight excluding hydrogens is 303 g/mol. The first-order valence-electron chi connectivity index (χ1n) is 6.73. The Hall–Kier alpha value is -2.89. The van der Waals surface area contributed by atoms with Crippen molar-refractivity contribution in [3.05, 3.63) is 65.0 Å². The molecule has 0 radical (unpaired) electrons. The number of rotatable bonds is 5. The van der Waals surface area contributed by atoms with Crippen LogP contribution in [0.4, 0.5) is 4.39 Å². The SMILES string of the molecule is COC(=O)c1ccc(C(=O)OCc2ccc(OC)c(F)c2)cc1. The van der Waals surface area contributed by atoms with E-state index in [0.29, 0.717) is 11.1 Å². The number of hydrogen-bond acceptors (Lipinski definition) is 5. The molecule has 0 aliphatic heterocycles. The highest BCUT2D eigenvalue weighted by molar-refractivity contribution is 5.93. The van der Waals surface area contributed by atoms with Gasteiger partial charge < -0.3 is 14.2 Å². The molecule has 2 rings (SSSR count). The van der Waals surface area contributed by atoms with Crippen molar-refractivity contribution in [1.29, 1.82) is 0 Å². The third kappa shape index (κ3) is 4.06. The molecule has 0 saturated carbocycles. The lowest BCUT2D eigenvalue weighted by Crippen LogP contribution is -2.07. The number of halogens is 1. The van der Waals surface area contributed by atoms with Gasteiger partial charge in [-0.25, -0.2) is 14.0 Å². The van der Waals surface area contributed by atoms with Crippen LogP contribution >= 0.6 is 0 Å². The topological polar surface area (TPSA) is 61.8 Å². The van der Waals surface area contributed by atoms with E-state index in [4.69, 9.17) is 9.47 Å². The van der Waals surface area contributed by atoms with Crippen LogP contribution in [0, 0.1) is 5.82 Å². The summed E-state index contributed by atoms with van der Waals surface area (Å²) in [5, 5.41) is 0. The lowest BCUT2D eigenvalue weighted by molar-refractivity contribution is 0.0471. The highest BCUT2D eigenvalue weighted by Crippen LogP contribution is 2.18. The number of benzene rings is 2. The van der Waals surface area contributed by atoms with Crippen LogP contribution in [0.25, 0.3) is 0 Å². The summed E-state index contributed by atoms with van der Waals surface area (Å²) in [6, 6.07) is 10.2. The zero-order chi connectivity index (χ0) is 16.8. The van der Waals surface area contributed by atoms with Crippen molar-refractivity contribution < 1.29 is 28.2 Å². The Morgan fingerprint density at radius 3 is 2.09 bits per heavy atom. The summed E-state index contributed by atoms with van der Waals surface area (Å²) < 4.78 is 28.0. The summed E-state index contributed by atoms with van der Waals surface area (Å²) in [4.78, 5) is 23.2. The van der Waals surface area contributed by atoms with Crippen molar-refractivity contribution >= 4 is 11.9 Å². The number of ether oxygens (including phenoxy) is 3. The molecule has 120 valence electrons. The van der Waals surface area contributed by atoms with Crippen molar-refractivity contribution in [2.24, 2.45) is 0 Å². The van der Waals surface area contributed by atoms with Crippen molar-refractivity contribution in [2.75, 3.05) is 14.2 Å². The van der Waals surface area contributed by atoms with E-state index in [0.717, 1.165) is 0 Å². The third-order valence-electron chi connectivity index (χ3n) is 3.13. The molecule has 5 nitrogen and oxygen atoms in total. The summed E-state index contributed by atoms with van der Waals surface area (Å²) >= 11 is 0. The molecule has 0 amide bonds. The van der Waals surface area contributed by atoms with Crippen molar-refractivity contribution in [2.45, 2.75) is 6.61 Å². The van der Waals surface area contributed by atoms with Gasteiger partial charge >= 0.3 is 11.9 Å². The summed E-state index contributed by atoms with van der Waals surface area (Å²) in [6.45, 7) is -0.0709. The van der Waals surface area contributed by atoms with E-state index in [9.17, 15) is 14.0 Å². The number of methoxy groups -OCH3 is 2. The first-order valence-corrected chi connectivity index (χ1v) is 6.73. The van der Waals surface area contributed by atoms with E-state index >= 15 is 0 Å². The van der Waals surface area contributed by atoms with Crippen LogP contribution in [0.3, 0.4) is 0 Å². The van der Waals surface area contributed by atoms with Crippen LogP contribution in [-0.2, 0) is 16.1 Å². The fraction of sp³-hybridized carbons (Fsp3) is 0.176. The molecule has 2 aromatic carbocycles. The maximum atomic E-state index is 13.5. The Morgan fingerprint density at radius 1 is 0.957 bits per heavy atom. The van der Waals surface area contributed by atoms with Gasteiger partial charge in [0.25, 0.3) is 0 Å². The summed E-state index contributed by atoms with van der Waals surface area (Å²) in [6.07, 6.45) is 0. The molecule has 0 bridgehead atoms. The molecule has 0 saturated heterocycles. The zero-order valence-corrected chi connectivity index (χ0v) is 12.7. The minimum Gasteiger partial charge on any atom is -0.494 e. The van der Waals surface area contributed by atoms with Gasteiger partial charge in [-0.2, -0.15) is 0 Å². The summed E-state index contributed by atoms with van der Waals surface area (Å²) in [5.74, 6) is -1.46. The van der Waals surface area contributed by atoms with Gasteiger partial charge in [-0.3, -0.25) is 0 Å². The van der Waals surface area contributed by atoms with Crippen LogP contribution in [-0.4, -0.2) is 26.2 Å². The van der Waals surface area contributed by atoms with Crippen LogP contribution < -0.4 is 4.74 Å². The first-order chi connectivity index (χ1) is 11.0. The monoisotopic (exact) mass is 318 g/mol. The van der Waals surface area contributed by atoms with Gasteiger partial charge in [0.2, 0.25) is 0 Å². The molecule has 6 heteroatoms. The van der Waals surface area contributed by atoms with Gasteiger partial charge in [0.05, 0.1) is 25.3 Å². The minimum absolute atomic E-state index is 0.0709. The van der Waals surface area contributed by atoms with Gasteiger partial charge in [0.15, 0.2) is 11.6 Å². The average Bonchev–Trinajstić information content (AvgIpc) is 2.59. The molecule has 23 heavy (non-hydrogen) atoms. The maximum Gasteiger partial charge on any atom is 0.338 e. The molecular formula is C17H15FO5. The van der Waals surface area contributed by atoms with Crippen LogP contribution in [0.15, 0.2) is 42.5 Å². The Kier molecular flexibility index (Phi) is 5.30. The van der Waals surface area contributed by atoms with E-state index in [1.54, 1.807) is 6.07 Å². The fourth-order valence-electron chi connectivity index (χ4n) is 1.89. The van der Waals surface area contributed by atoms with E-state index < -0.39 is 17.8 Å². The Labute approximate surface area is 132 Å². The van der Waals surface area contributed by atoms with Crippen LogP contribution in [0.1, 0.15) is 26.3 Å². The van der Waals surface area contributed by atoms with Crippen LogP contribution in [0.5, 0.6) is 5.75 Å². The Bertz CT molecular complexity index is 709. The summed E-state index contributed by atoms with van der Waals surface area (Å²) in [5.41, 5.74) is 1.12. The van der Waals surface area contributed by atoms with Gasteiger partial charge in [-0.15, -0.1) is 0 Å². The predicted octanol–water partition coefficient (Wildman–Crippen LogP) is 2.98. The molecule has 0 unspecified atom stereocenters. The third-order valence-corrected chi connectivity index (χ3v) is 3.13. The fourth-order valence-corrected chi connectivity index (χ4v) is 1.89. The molecule has 0 fully saturated rings. The molecule has 0 spiro atoms. The lowest BCUT2D eigenvalue weighted by Gasteiger charge is -2.07. The molecule has 0 aliphatic carbocycles. The van der Waals surface area contributed by atoms with E-state index in [-0.39, 0.29) is 17.9 Å². The normalized spacial score (nSPS) is 10.0. The highest BCUT2D eigenvalue weighted by Gasteiger charge is 2.11. The maximum absolute atomic E-state index is 13.5. The average molecular weight is 318 g/mol. The van der Waals surface area contributed by atoms with E-state index in [1.807, 2.05) is 0 Å². The lowest BCUT2D eigenvalue weighted by atomic mass is 10.1. The highest BCUT2D eigenvalue weighted by atomic mass is 19.1. The van der Waals surface area contributed by atoms with Crippen molar-refractivity contribution in [3.63, 3.8) is 0 Å². The number of carbonyl (C=O) groups excluding carboxylic acids is 2. The predicted molar refractivity (Wildman–Crippen MR) is 79.9 cm³/mol. The second kappa shape index (κ2) is 7.40. The second-order valence-corrected chi connectivity index (χ2v) is 4.61. The molecule has 0 atom stereocenters. The smallest absolute Gasteiger partial charge is 0.338 e. The van der Waals surface area contributed by atoms with Gasteiger partial charge in [0.1, 0.15) is 6.61 Å². The molecule has 0 heterocycles. The van der Waals surface area contributed by atoms with Crippen molar-refractivity contribution in [3.8, 4) is 5.75 Å². The summed E-state index contributed by atoms with van der Waals surface area (Å²) in [7, 11) is 2.65. The van der Waals surface area contributed by atoms with E-state index in [1.165, 1.54) is 50.6 Å². The van der Waals surface area contributed by atoms with E-state index in [2.05, 4.69) is 4.74 Å². The van der Waals surface area contributed by atoms with Crippen LogP contribution in [0.2, 0.25) is 0 Å². The molecule has 0 aliphatic rings. The van der Waals surface area contributed by atoms with Gasteiger partial charge in [-0.05, 0) is 42.0 Å². The second-order valence-electron chi connectivity index (χ2n) is 4.61. The standard InChI is InChI=1S/C17H15FO5/c1-21-15-8-3-11(9-14(15)18)10-23-17(20)13-6-4-12(5-7-13)16(19)22-2/h3-9H,10H2,1-2H3. The van der Waals surface area contributed by atoms with Gasteiger partial charge in [-0.1, -0.05) is 6.07 Å². The molecule has 0 aromatic heterocycles. The number of carbonyl (C=O) groups is 2. The molecule has 2 aromatic rings. The Morgan fingerprint density at radius 2 is 1.57 bits per heavy atom. The minimum atomic E-state index is -0.572. The first kappa shape index (κ1) is 16.5.